The Balaban J connectivity index is 1.95. The topological polar surface area (TPSA) is 23.4 Å². The molecular weight excluding hydrogens is 234 g/mol. The Morgan fingerprint density at radius 3 is 2.84 bits per heavy atom. The molecule has 1 aliphatic carbocycles. The van der Waals surface area contributed by atoms with Crippen molar-refractivity contribution in [2.24, 2.45) is 0 Å². The second kappa shape index (κ2) is 4.71. The SMILES string of the molecule is [C-]#[N+]c1ccc2[nH]cc([C@H]3CC[C@H](N(C)C)C3)c2c1. The predicted octanol–water partition coefficient (Wildman–Crippen LogP) is 3.92. The molecule has 1 aromatic carbocycles. The Hall–Kier alpha value is -1.79. The van der Waals surface area contributed by atoms with Crippen LogP contribution in [0.2, 0.25) is 0 Å². The summed E-state index contributed by atoms with van der Waals surface area (Å²) in [6.45, 7) is 7.15. The molecule has 3 rings (SSSR count). The number of aromatic amines is 1. The summed E-state index contributed by atoms with van der Waals surface area (Å²) >= 11 is 0. The zero-order valence-corrected chi connectivity index (χ0v) is 11.5. The summed E-state index contributed by atoms with van der Waals surface area (Å²) in [4.78, 5) is 9.22. The molecule has 1 heterocycles. The second-order valence-corrected chi connectivity index (χ2v) is 5.71. The lowest BCUT2D eigenvalue weighted by Crippen LogP contribution is -2.24. The van der Waals surface area contributed by atoms with E-state index >= 15 is 0 Å². The first kappa shape index (κ1) is 12.3. The molecule has 1 saturated carbocycles. The fourth-order valence-corrected chi connectivity index (χ4v) is 3.25. The first-order chi connectivity index (χ1) is 9.19. The number of hydrogen-bond donors (Lipinski definition) is 1. The Morgan fingerprint density at radius 1 is 1.32 bits per heavy atom. The molecule has 0 spiro atoms. The molecule has 3 nitrogen and oxygen atoms in total. The van der Waals surface area contributed by atoms with Gasteiger partial charge in [-0.05, 0) is 62.4 Å². The largest absolute Gasteiger partial charge is 0.361 e. The maximum absolute atomic E-state index is 7.15. The van der Waals surface area contributed by atoms with Crippen LogP contribution in [0, 0.1) is 6.57 Å². The van der Waals surface area contributed by atoms with Crippen molar-refractivity contribution in [2.45, 2.75) is 31.2 Å². The minimum absolute atomic E-state index is 0.627. The molecule has 1 aromatic heterocycles. The molecule has 1 fully saturated rings. The van der Waals surface area contributed by atoms with Gasteiger partial charge >= 0.3 is 0 Å². The van der Waals surface area contributed by atoms with Gasteiger partial charge in [0, 0.05) is 17.8 Å². The van der Waals surface area contributed by atoms with Gasteiger partial charge in [-0.3, -0.25) is 0 Å². The standard InChI is InChI=1S/C16H19N3/c1-17-12-5-7-16-14(9-12)15(10-18-16)11-4-6-13(8-11)19(2)3/h5,7,9-11,13,18H,4,6,8H2,2-3H3/t11-,13-/m0/s1. The van der Waals surface area contributed by atoms with Gasteiger partial charge in [-0.2, -0.15) is 0 Å². The lowest BCUT2D eigenvalue weighted by Gasteiger charge is -2.18. The summed E-state index contributed by atoms with van der Waals surface area (Å²) in [6.07, 6.45) is 5.88. The quantitative estimate of drug-likeness (QED) is 0.806. The molecule has 0 aliphatic heterocycles. The van der Waals surface area contributed by atoms with Crippen LogP contribution in [0.25, 0.3) is 15.7 Å². The van der Waals surface area contributed by atoms with Gasteiger partial charge in [0.25, 0.3) is 0 Å². The van der Waals surface area contributed by atoms with Crippen molar-refractivity contribution in [3.05, 3.63) is 41.4 Å². The molecule has 2 atom stereocenters. The van der Waals surface area contributed by atoms with Crippen LogP contribution >= 0.6 is 0 Å². The monoisotopic (exact) mass is 253 g/mol. The number of aromatic nitrogens is 1. The van der Waals surface area contributed by atoms with E-state index in [-0.39, 0.29) is 0 Å². The third-order valence-corrected chi connectivity index (χ3v) is 4.40. The molecule has 1 N–H and O–H groups in total. The Bertz CT molecular complexity index is 633. The van der Waals surface area contributed by atoms with E-state index < -0.39 is 0 Å². The van der Waals surface area contributed by atoms with E-state index in [9.17, 15) is 0 Å². The Morgan fingerprint density at radius 2 is 2.16 bits per heavy atom. The zero-order chi connectivity index (χ0) is 13.4. The van der Waals surface area contributed by atoms with Gasteiger partial charge in [0.05, 0.1) is 6.57 Å². The van der Waals surface area contributed by atoms with Crippen LogP contribution < -0.4 is 0 Å². The zero-order valence-electron chi connectivity index (χ0n) is 11.5. The number of rotatable bonds is 2. The predicted molar refractivity (Wildman–Crippen MR) is 78.6 cm³/mol. The average Bonchev–Trinajstić information content (AvgIpc) is 3.03. The van der Waals surface area contributed by atoms with Crippen molar-refractivity contribution in [1.29, 1.82) is 0 Å². The second-order valence-electron chi connectivity index (χ2n) is 5.71. The van der Waals surface area contributed by atoms with E-state index in [0.717, 1.165) is 11.2 Å². The van der Waals surface area contributed by atoms with Crippen LogP contribution in [0.15, 0.2) is 24.4 Å². The van der Waals surface area contributed by atoms with Crippen LogP contribution in [0.1, 0.15) is 30.7 Å². The fraction of sp³-hybridized carbons (Fsp3) is 0.438. The smallest absolute Gasteiger partial charge is 0.187 e. The minimum Gasteiger partial charge on any atom is -0.361 e. The molecule has 0 unspecified atom stereocenters. The van der Waals surface area contributed by atoms with Crippen molar-refractivity contribution < 1.29 is 0 Å². The first-order valence-corrected chi connectivity index (χ1v) is 6.84. The molecular formula is C16H19N3. The van der Waals surface area contributed by atoms with Gasteiger partial charge in [0.2, 0.25) is 0 Å². The maximum atomic E-state index is 7.15. The molecule has 0 amide bonds. The fourth-order valence-electron chi connectivity index (χ4n) is 3.25. The van der Waals surface area contributed by atoms with Crippen LogP contribution in [0.5, 0.6) is 0 Å². The highest BCUT2D eigenvalue weighted by Crippen LogP contribution is 2.39. The van der Waals surface area contributed by atoms with Crippen LogP contribution in [0.4, 0.5) is 5.69 Å². The summed E-state index contributed by atoms with van der Waals surface area (Å²) in [5, 5.41) is 1.23. The van der Waals surface area contributed by atoms with E-state index in [0.29, 0.717) is 12.0 Å². The highest BCUT2D eigenvalue weighted by atomic mass is 15.1. The summed E-state index contributed by atoms with van der Waals surface area (Å²) in [7, 11) is 4.33. The van der Waals surface area contributed by atoms with E-state index in [1.807, 2.05) is 18.2 Å². The summed E-state index contributed by atoms with van der Waals surface area (Å²) in [5.41, 5.74) is 3.27. The van der Waals surface area contributed by atoms with Crippen molar-refractivity contribution in [1.82, 2.24) is 9.88 Å². The third-order valence-electron chi connectivity index (χ3n) is 4.40. The minimum atomic E-state index is 0.627. The van der Waals surface area contributed by atoms with E-state index in [1.165, 1.54) is 30.2 Å². The average molecular weight is 253 g/mol. The van der Waals surface area contributed by atoms with Crippen LogP contribution in [-0.2, 0) is 0 Å². The molecule has 98 valence electrons. The van der Waals surface area contributed by atoms with Crippen molar-refractivity contribution in [3.8, 4) is 0 Å². The number of hydrogen-bond acceptors (Lipinski definition) is 1. The van der Waals surface area contributed by atoms with Gasteiger partial charge in [-0.1, -0.05) is 6.07 Å². The normalized spacial score (nSPS) is 23.1. The van der Waals surface area contributed by atoms with Crippen molar-refractivity contribution in [2.75, 3.05) is 14.1 Å². The number of H-pyrrole nitrogens is 1. The summed E-state index contributed by atoms with van der Waals surface area (Å²) < 4.78 is 0. The Kier molecular flexibility index (Phi) is 3.04. The Labute approximate surface area is 114 Å². The number of benzene rings is 1. The van der Waals surface area contributed by atoms with Gasteiger partial charge in [0.1, 0.15) is 0 Å². The molecule has 3 heteroatoms. The highest BCUT2D eigenvalue weighted by Gasteiger charge is 2.28. The maximum Gasteiger partial charge on any atom is 0.187 e. The molecule has 19 heavy (non-hydrogen) atoms. The number of fused-ring (bicyclic) bond motifs is 1. The molecule has 1 aliphatic rings. The van der Waals surface area contributed by atoms with Gasteiger partial charge in [0.15, 0.2) is 5.69 Å². The van der Waals surface area contributed by atoms with Crippen LogP contribution in [0.3, 0.4) is 0 Å². The highest BCUT2D eigenvalue weighted by molar-refractivity contribution is 5.87. The summed E-state index contributed by atoms with van der Waals surface area (Å²) in [6, 6.07) is 6.62. The van der Waals surface area contributed by atoms with Gasteiger partial charge < -0.3 is 9.88 Å². The third kappa shape index (κ3) is 2.13. The molecule has 0 radical (unpaired) electrons. The number of nitrogens with one attached hydrogen (secondary N) is 1. The van der Waals surface area contributed by atoms with Gasteiger partial charge in [-0.15, -0.1) is 0 Å². The van der Waals surface area contributed by atoms with Gasteiger partial charge in [-0.25, -0.2) is 4.85 Å². The number of nitrogens with zero attached hydrogens (tertiary/aromatic N) is 2. The van der Waals surface area contributed by atoms with Crippen molar-refractivity contribution >= 4 is 16.6 Å². The van der Waals surface area contributed by atoms with E-state index in [1.54, 1.807) is 0 Å². The molecule has 0 saturated heterocycles. The lowest BCUT2D eigenvalue weighted by molar-refractivity contribution is 0.297. The van der Waals surface area contributed by atoms with Crippen LogP contribution in [-0.4, -0.2) is 30.0 Å². The molecule has 0 bridgehead atoms. The lowest BCUT2D eigenvalue weighted by atomic mass is 9.96. The van der Waals surface area contributed by atoms with E-state index in [4.69, 9.17) is 6.57 Å². The molecule has 2 aromatic rings. The first-order valence-electron chi connectivity index (χ1n) is 6.84. The summed E-state index contributed by atoms with van der Waals surface area (Å²) in [5.74, 6) is 0.627. The van der Waals surface area contributed by atoms with E-state index in [2.05, 4.69) is 35.0 Å². The van der Waals surface area contributed by atoms with Crippen molar-refractivity contribution in [3.63, 3.8) is 0 Å².